The number of fused-ring (bicyclic) bond motifs is 1. The van der Waals surface area contributed by atoms with Gasteiger partial charge in [0.1, 0.15) is 0 Å². The highest BCUT2D eigenvalue weighted by molar-refractivity contribution is 9.10. The third-order valence-corrected chi connectivity index (χ3v) is 6.79. The molecule has 4 rings (SSSR count). The Labute approximate surface area is 212 Å². The first-order chi connectivity index (χ1) is 16.8. The molecule has 8 heteroatoms. The molecule has 2 heterocycles. The van der Waals surface area contributed by atoms with Gasteiger partial charge in [-0.05, 0) is 54.4 Å². The molecule has 182 valence electrons. The SMILES string of the molecule is COc1cccn(-c2ccc(CN3C(=O)[C@@](O)([C@@H](C)/C=C/CCO)c4cc(Br)ccc43)cc2)c1=O. The fraction of sp³-hybridized carbons (Fsp3) is 0.259. The van der Waals surface area contributed by atoms with Crippen molar-refractivity contribution in [3.05, 3.63) is 98.9 Å². The number of carbonyl (C=O) groups is 1. The molecule has 1 amide bonds. The van der Waals surface area contributed by atoms with Crippen LogP contribution in [0.1, 0.15) is 24.5 Å². The number of anilines is 1. The van der Waals surface area contributed by atoms with Gasteiger partial charge < -0.3 is 19.8 Å². The number of carbonyl (C=O) groups excluding carboxylic acids is 1. The minimum Gasteiger partial charge on any atom is -0.491 e. The van der Waals surface area contributed by atoms with Gasteiger partial charge in [-0.3, -0.25) is 14.2 Å². The molecule has 0 spiro atoms. The molecule has 2 N–H and O–H groups in total. The topological polar surface area (TPSA) is 92.0 Å². The van der Waals surface area contributed by atoms with Crippen LogP contribution in [0.3, 0.4) is 0 Å². The molecule has 2 aromatic carbocycles. The Hall–Kier alpha value is -3.20. The maximum absolute atomic E-state index is 13.6. The molecule has 0 radical (unpaired) electrons. The van der Waals surface area contributed by atoms with E-state index in [-0.39, 0.29) is 24.5 Å². The average molecular weight is 539 g/mol. The zero-order valence-corrected chi connectivity index (χ0v) is 21.1. The molecule has 3 aromatic rings. The highest BCUT2D eigenvalue weighted by atomic mass is 79.9. The summed E-state index contributed by atoms with van der Waals surface area (Å²) in [5.74, 6) is -0.648. The van der Waals surface area contributed by atoms with Gasteiger partial charge in [-0.2, -0.15) is 0 Å². The minimum atomic E-state index is -1.72. The molecule has 0 fully saturated rings. The predicted molar refractivity (Wildman–Crippen MR) is 138 cm³/mol. The van der Waals surface area contributed by atoms with E-state index in [1.807, 2.05) is 36.4 Å². The van der Waals surface area contributed by atoms with Crippen molar-refractivity contribution >= 4 is 27.5 Å². The number of ether oxygens (including phenoxy) is 1. The van der Waals surface area contributed by atoms with Crippen molar-refractivity contribution in [2.75, 3.05) is 18.6 Å². The number of hydrogen-bond donors (Lipinski definition) is 2. The first kappa shape index (κ1) is 24.9. The van der Waals surface area contributed by atoms with Crippen LogP contribution in [0.4, 0.5) is 5.69 Å². The Bertz CT molecular complexity index is 1320. The predicted octanol–water partition coefficient (Wildman–Crippen LogP) is 3.92. The fourth-order valence-electron chi connectivity index (χ4n) is 4.37. The second-order valence-corrected chi connectivity index (χ2v) is 9.38. The monoisotopic (exact) mass is 538 g/mol. The number of aliphatic hydroxyl groups is 2. The number of halogens is 1. The van der Waals surface area contributed by atoms with Gasteiger partial charge >= 0.3 is 0 Å². The van der Waals surface area contributed by atoms with Crippen molar-refractivity contribution in [2.45, 2.75) is 25.5 Å². The lowest BCUT2D eigenvalue weighted by atomic mass is 9.83. The van der Waals surface area contributed by atoms with Gasteiger partial charge in [-0.25, -0.2) is 0 Å². The molecule has 35 heavy (non-hydrogen) atoms. The van der Waals surface area contributed by atoms with E-state index in [2.05, 4.69) is 15.9 Å². The smallest absolute Gasteiger partial charge is 0.297 e. The Kier molecular flexibility index (Phi) is 7.25. The van der Waals surface area contributed by atoms with Crippen LogP contribution in [-0.2, 0) is 16.9 Å². The molecular formula is C27H27BrN2O5. The largest absolute Gasteiger partial charge is 0.491 e. The van der Waals surface area contributed by atoms with Gasteiger partial charge in [0.15, 0.2) is 11.4 Å². The maximum Gasteiger partial charge on any atom is 0.297 e. The number of aromatic nitrogens is 1. The lowest BCUT2D eigenvalue weighted by molar-refractivity contribution is -0.139. The Balaban J connectivity index is 1.65. The van der Waals surface area contributed by atoms with E-state index < -0.39 is 17.4 Å². The standard InChI is InChI=1S/C27H27BrN2O5/c1-18(6-3-4-15-31)27(34)22-16-20(28)10-13-23(22)30(26(27)33)17-19-8-11-21(12-9-19)29-14-5-7-24(35-2)25(29)32/h3,5-14,16,18,31,34H,4,15,17H2,1-2H3/b6-3+/t18-,27+/m0/s1. The van der Waals surface area contributed by atoms with Crippen LogP contribution in [0.2, 0.25) is 0 Å². The number of hydrogen-bond acceptors (Lipinski definition) is 5. The lowest BCUT2D eigenvalue weighted by Gasteiger charge is -2.27. The van der Waals surface area contributed by atoms with Gasteiger partial charge in [-0.15, -0.1) is 0 Å². The molecule has 1 aromatic heterocycles. The van der Waals surface area contributed by atoms with Crippen LogP contribution in [0.5, 0.6) is 5.75 Å². The number of nitrogens with zero attached hydrogens (tertiary/aromatic N) is 2. The summed E-state index contributed by atoms with van der Waals surface area (Å²) >= 11 is 3.45. The minimum absolute atomic E-state index is 0.00172. The quantitative estimate of drug-likeness (QED) is 0.424. The Morgan fingerprint density at radius 3 is 2.57 bits per heavy atom. The summed E-state index contributed by atoms with van der Waals surface area (Å²) in [7, 11) is 1.46. The summed E-state index contributed by atoms with van der Waals surface area (Å²) in [6.45, 7) is 2.05. The summed E-state index contributed by atoms with van der Waals surface area (Å²) in [5.41, 5.74) is 0.728. The van der Waals surface area contributed by atoms with E-state index in [1.165, 1.54) is 11.7 Å². The van der Waals surface area contributed by atoms with Crippen molar-refractivity contribution in [1.82, 2.24) is 4.57 Å². The molecular weight excluding hydrogens is 512 g/mol. The summed E-state index contributed by atoms with van der Waals surface area (Å²) in [4.78, 5) is 27.7. The van der Waals surface area contributed by atoms with E-state index >= 15 is 0 Å². The average Bonchev–Trinajstić information content (AvgIpc) is 3.07. The summed E-state index contributed by atoms with van der Waals surface area (Å²) in [6.07, 6.45) is 5.66. The van der Waals surface area contributed by atoms with E-state index in [0.717, 1.165) is 10.0 Å². The molecule has 0 saturated carbocycles. The van der Waals surface area contributed by atoms with Crippen molar-refractivity contribution < 1.29 is 19.7 Å². The van der Waals surface area contributed by atoms with Gasteiger partial charge in [0.2, 0.25) is 0 Å². The third kappa shape index (κ3) is 4.57. The summed E-state index contributed by atoms with van der Waals surface area (Å²) in [5, 5.41) is 20.7. The van der Waals surface area contributed by atoms with E-state index in [4.69, 9.17) is 9.84 Å². The zero-order chi connectivity index (χ0) is 25.2. The summed E-state index contributed by atoms with van der Waals surface area (Å²) in [6, 6.07) is 16.1. The van der Waals surface area contributed by atoms with E-state index in [9.17, 15) is 14.7 Å². The number of pyridine rings is 1. The first-order valence-corrected chi connectivity index (χ1v) is 12.1. The van der Waals surface area contributed by atoms with Crippen molar-refractivity contribution in [3.8, 4) is 11.4 Å². The highest BCUT2D eigenvalue weighted by Gasteiger charge is 2.52. The molecule has 2 atom stereocenters. The number of benzene rings is 2. The van der Waals surface area contributed by atoms with Gasteiger partial charge in [0.05, 0.1) is 19.3 Å². The third-order valence-electron chi connectivity index (χ3n) is 6.30. The number of aliphatic hydroxyl groups excluding tert-OH is 1. The highest BCUT2D eigenvalue weighted by Crippen LogP contribution is 2.46. The van der Waals surface area contributed by atoms with Crippen LogP contribution in [-0.4, -0.2) is 34.4 Å². The van der Waals surface area contributed by atoms with Crippen molar-refractivity contribution in [2.24, 2.45) is 5.92 Å². The van der Waals surface area contributed by atoms with Crippen LogP contribution >= 0.6 is 15.9 Å². The Morgan fingerprint density at radius 2 is 1.89 bits per heavy atom. The molecule has 0 saturated heterocycles. The van der Waals surface area contributed by atoms with Gasteiger partial charge in [0, 0.05) is 34.4 Å². The number of methoxy groups -OCH3 is 1. The summed E-state index contributed by atoms with van der Waals surface area (Å²) < 4.78 is 7.38. The van der Waals surface area contributed by atoms with Crippen molar-refractivity contribution in [3.63, 3.8) is 0 Å². The van der Waals surface area contributed by atoms with Crippen LogP contribution < -0.4 is 15.2 Å². The first-order valence-electron chi connectivity index (χ1n) is 11.3. The molecule has 1 aliphatic rings. The normalized spacial score (nSPS) is 18.2. The van der Waals surface area contributed by atoms with E-state index in [1.54, 1.807) is 48.4 Å². The molecule has 1 aliphatic heterocycles. The van der Waals surface area contributed by atoms with E-state index in [0.29, 0.717) is 23.4 Å². The maximum atomic E-state index is 13.6. The van der Waals surface area contributed by atoms with Crippen LogP contribution in [0.25, 0.3) is 5.69 Å². The van der Waals surface area contributed by atoms with Crippen LogP contribution in [0, 0.1) is 5.92 Å². The molecule has 0 aliphatic carbocycles. The number of amides is 1. The second-order valence-electron chi connectivity index (χ2n) is 8.47. The lowest BCUT2D eigenvalue weighted by Crippen LogP contribution is -2.44. The zero-order valence-electron chi connectivity index (χ0n) is 19.5. The second kappa shape index (κ2) is 10.2. The van der Waals surface area contributed by atoms with Gasteiger partial charge in [0.25, 0.3) is 11.5 Å². The van der Waals surface area contributed by atoms with Gasteiger partial charge in [-0.1, -0.05) is 47.1 Å². The molecule has 0 bridgehead atoms. The fourth-order valence-corrected chi connectivity index (χ4v) is 4.73. The Morgan fingerprint density at radius 1 is 1.14 bits per heavy atom. The molecule has 7 nitrogen and oxygen atoms in total. The molecule has 0 unspecified atom stereocenters. The van der Waals surface area contributed by atoms with Crippen LogP contribution in [0.15, 0.2) is 82.2 Å². The van der Waals surface area contributed by atoms with Crippen molar-refractivity contribution in [1.29, 1.82) is 0 Å². The number of rotatable bonds is 8.